The molecule has 2 aromatic heterocycles. The summed E-state index contributed by atoms with van der Waals surface area (Å²) in [6.07, 6.45) is 0. The molecule has 0 amide bonds. The fourth-order valence-electron chi connectivity index (χ4n) is 10.7. The van der Waals surface area contributed by atoms with Crippen molar-refractivity contribution in [3.8, 4) is 90.6 Å². The van der Waals surface area contributed by atoms with Crippen molar-refractivity contribution in [1.29, 1.82) is 0 Å². The van der Waals surface area contributed by atoms with Gasteiger partial charge in [-0.1, -0.05) is 196 Å². The lowest BCUT2D eigenvalue weighted by Gasteiger charge is -2.39. The lowest BCUT2D eigenvalue weighted by molar-refractivity contribution is 0.436. The molecule has 1 spiro atoms. The van der Waals surface area contributed by atoms with Gasteiger partial charge in [-0.15, -0.1) is 0 Å². The van der Waals surface area contributed by atoms with Crippen LogP contribution in [0.25, 0.3) is 79.1 Å². The van der Waals surface area contributed by atoms with E-state index in [4.69, 9.17) is 29.7 Å². The second-order valence-electron chi connectivity index (χ2n) is 17.5. The second kappa shape index (κ2) is 14.1. The molecular formula is C59H39N5O. The smallest absolute Gasteiger partial charge is 0.164 e. The van der Waals surface area contributed by atoms with E-state index in [-0.39, 0.29) is 5.41 Å². The summed E-state index contributed by atoms with van der Waals surface area (Å²) in [5.41, 5.74) is 15.8. The van der Waals surface area contributed by atoms with Crippen LogP contribution in [0.1, 0.15) is 47.4 Å². The van der Waals surface area contributed by atoms with Crippen molar-refractivity contribution in [3.05, 3.63) is 234 Å². The monoisotopic (exact) mass is 833 g/mol. The highest BCUT2D eigenvalue weighted by Crippen LogP contribution is 2.64. The zero-order valence-corrected chi connectivity index (χ0v) is 35.7. The summed E-state index contributed by atoms with van der Waals surface area (Å²) >= 11 is 0. The average Bonchev–Trinajstić information content (AvgIpc) is 3.79. The van der Waals surface area contributed by atoms with E-state index in [1.165, 1.54) is 11.1 Å². The van der Waals surface area contributed by atoms with Gasteiger partial charge < -0.3 is 4.74 Å². The number of nitrogens with zero attached hydrogens (tertiary/aromatic N) is 5. The lowest BCUT2D eigenvalue weighted by Crippen LogP contribution is -2.32. The third-order valence-electron chi connectivity index (χ3n) is 13.6. The molecule has 0 bridgehead atoms. The zero-order chi connectivity index (χ0) is 43.3. The van der Waals surface area contributed by atoms with Crippen molar-refractivity contribution < 1.29 is 4.74 Å². The molecule has 0 unspecified atom stereocenters. The number of hydrogen-bond acceptors (Lipinski definition) is 6. The highest BCUT2D eigenvalue weighted by Gasteiger charge is 2.52. The number of ether oxygens (including phenoxy) is 1. The maximum atomic E-state index is 6.79. The van der Waals surface area contributed by atoms with Gasteiger partial charge in [-0.25, -0.2) is 24.9 Å². The van der Waals surface area contributed by atoms with Crippen LogP contribution < -0.4 is 4.74 Å². The molecule has 65 heavy (non-hydrogen) atoms. The van der Waals surface area contributed by atoms with E-state index in [1.807, 2.05) is 66.7 Å². The molecule has 0 saturated heterocycles. The summed E-state index contributed by atoms with van der Waals surface area (Å²) in [6, 6.07) is 69.9. The van der Waals surface area contributed by atoms with E-state index in [0.717, 1.165) is 89.6 Å². The molecular weight excluding hydrogens is 795 g/mol. The minimum atomic E-state index is -0.769. The van der Waals surface area contributed by atoms with Crippen molar-refractivity contribution >= 4 is 0 Å². The van der Waals surface area contributed by atoms with Crippen LogP contribution in [0.15, 0.2) is 200 Å². The van der Waals surface area contributed by atoms with Gasteiger partial charge in [-0.3, -0.25) is 0 Å². The first kappa shape index (κ1) is 37.2. The predicted molar refractivity (Wildman–Crippen MR) is 258 cm³/mol. The van der Waals surface area contributed by atoms with Gasteiger partial charge in [-0.05, 0) is 51.6 Å². The molecule has 0 fully saturated rings. The number of rotatable bonds is 5. The van der Waals surface area contributed by atoms with Gasteiger partial charge in [0, 0.05) is 49.9 Å². The Morgan fingerprint density at radius 1 is 0.338 bits per heavy atom. The molecule has 0 saturated carbocycles. The largest absolute Gasteiger partial charge is 0.457 e. The van der Waals surface area contributed by atoms with E-state index in [0.29, 0.717) is 23.3 Å². The van der Waals surface area contributed by atoms with E-state index in [2.05, 4.69) is 147 Å². The molecule has 6 heteroatoms. The SMILES string of the molecule is CC1(C)c2ccccc2-c2c(-c3cccc4c3-c3ccc(-c5nc(-c6ccccc6)nc(-c6ccccc6)n5)cc3C43c4ccccc4Oc4ccccc43)nc(-c3ccccc3)nc21. The molecule has 6 nitrogen and oxygen atoms in total. The minimum absolute atomic E-state index is 0.348. The van der Waals surface area contributed by atoms with Crippen LogP contribution in [0.2, 0.25) is 0 Å². The molecule has 10 aromatic rings. The van der Waals surface area contributed by atoms with E-state index >= 15 is 0 Å². The normalized spacial score (nSPS) is 14.1. The third kappa shape index (κ3) is 5.44. The van der Waals surface area contributed by atoms with E-state index in [9.17, 15) is 0 Å². The number of fused-ring (bicyclic) bond motifs is 12. The molecule has 3 aliphatic rings. The first-order chi connectivity index (χ1) is 32.0. The third-order valence-corrected chi connectivity index (χ3v) is 13.6. The molecule has 2 aliphatic carbocycles. The van der Waals surface area contributed by atoms with Gasteiger partial charge >= 0.3 is 0 Å². The highest BCUT2D eigenvalue weighted by molar-refractivity contribution is 6.01. The van der Waals surface area contributed by atoms with E-state index in [1.54, 1.807) is 0 Å². The summed E-state index contributed by atoms with van der Waals surface area (Å²) in [5, 5.41) is 0. The van der Waals surface area contributed by atoms with Crippen molar-refractivity contribution in [1.82, 2.24) is 24.9 Å². The predicted octanol–water partition coefficient (Wildman–Crippen LogP) is 13.8. The van der Waals surface area contributed by atoms with Gasteiger partial charge in [0.25, 0.3) is 0 Å². The van der Waals surface area contributed by atoms with Crippen LogP contribution >= 0.6 is 0 Å². The summed E-state index contributed by atoms with van der Waals surface area (Å²) in [6.45, 7) is 4.57. The van der Waals surface area contributed by atoms with Crippen molar-refractivity contribution in [2.75, 3.05) is 0 Å². The lowest BCUT2D eigenvalue weighted by atomic mass is 9.66. The number of aromatic nitrogens is 5. The summed E-state index contributed by atoms with van der Waals surface area (Å²) in [5.74, 6) is 4.19. The number of para-hydroxylation sites is 2. The average molecular weight is 834 g/mol. The van der Waals surface area contributed by atoms with Gasteiger partial charge in [-0.2, -0.15) is 0 Å². The van der Waals surface area contributed by atoms with Crippen LogP contribution in [-0.2, 0) is 10.8 Å². The Bertz CT molecular complexity index is 3450. The Morgan fingerprint density at radius 3 is 1.40 bits per heavy atom. The van der Waals surface area contributed by atoms with Crippen LogP contribution in [-0.4, -0.2) is 24.9 Å². The van der Waals surface area contributed by atoms with E-state index < -0.39 is 5.41 Å². The number of benzene rings is 8. The zero-order valence-electron chi connectivity index (χ0n) is 35.7. The molecule has 0 N–H and O–H groups in total. The Balaban J connectivity index is 1.13. The van der Waals surface area contributed by atoms with Crippen LogP contribution in [0.4, 0.5) is 0 Å². The maximum Gasteiger partial charge on any atom is 0.164 e. The molecule has 3 heterocycles. The summed E-state index contributed by atoms with van der Waals surface area (Å²) in [7, 11) is 0. The first-order valence-corrected chi connectivity index (χ1v) is 22.1. The minimum Gasteiger partial charge on any atom is -0.457 e. The Labute approximate surface area is 377 Å². The topological polar surface area (TPSA) is 73.7 Å². The fourth-order valence-corrected chi connectivity index (χ4v) is 10.7. The van der Waals surface area contributed by atoms with Gasteiger partial charge in [0.2, 0.25) is 0 Å². The van der Waals surface area contributed by atoms with Crippen LogP contribution in [0.3, 0.4) is 0 Å². The Morgan fingerprint density at radius 2 is 0.800 bits per heavy atom. The second-order valence-corrected chi connectivity index (χ2v) is 17.5. The van der Waals surface area contributed by atoms with Crippen molar-refractivity contribution in [2.45, 2.75) is 24.7 Å². The molecule has 0 radical (unpaired) electrons. The van der Waals surface area contributed by atoms with Crippen molar-refractivity contribution in [2.24, 2.45) is 0 Å². The van der Waals surface area contributed by atoms with Gasteiger partial charge in [0.15, 0.2) is 23.3 Å². The maximum absolute atomic E-state index is 6.79. The molecule has 1 aliphatic heterocycles. The quantitative estimate of drug-likeness (QED) is 0.172. The highest BCUT2D eigenvalue weighted by atomic mass is 16.5. The molecule has 8 aromatic carbocycles. The standard InChI is InChI=1S/C59H39N5O/c1-58(2)43-27-13-12-25-40(43)51-52(60-54(61-53(51)58)36-19-6-3-7-20-36)42-26-18-30-46-50(42)41-34-33-39(35-47(41)59(46)44-28-14-16-31-48(44)65-49-32-17-15-29-45(49)59)57-63-55(37-21-8-4-9-22-37)62-56(64-57)38-23-10-5-11-24-38/h3-35H,1-2H3. The molecule has 306 valence electrons. The summed E-state index contributed by atoms with van der Waals surface area (Å²) < 4.78 is 6.79. The van der Waals surface area contributed by atoms with Crippen LogP contribution in [0.5, 0.6) is 11.5 Å². The van der Waals surface area contributed by atoms with Crippen LogP contribution in [0, 0.1) is 0 Å². The van der Waals surface area contributed by atoms with Gasteiger partial charge in [0.1, 0.15) is 11.5 Å². The Kier molecular flexibility index (Phi) is 8.06. The van der Waals surface area contributed by atoms with Crippen molar-refractivity contribution in [3.63, 3.8) is 0 Å². The number of hydrogen-bond donors (Lipinski definition) is 0. The molecule has 0 atom stereocenters. The first-order valence-electron chi connectivity index (χ1n) is 22.1. The Hall–Kier alpha value is -8.35. The molecule has 13 rings (SSSR count). The fraction of sp³-hybridized carbons (Fsp3) is 0.0678. The summed E-state index contributed by atoms with van der Waals surface area (Å²) in [4.78, 5) is 26.5. The van der Waals surface area contributed by atoms with Gasteiger partial charge in [0.05, 0.1) is 16.8 Å².